The molecule has 0 spiro atoms. The molecule has 1 amide bonds. The topological polar surface area (TPSA) is 133 Å². The molecule has 1 aliphatic carbocycles. The quantitative estimate of drug-likeness (QED) is 0.635. The third kappa shape index (κ3) is 5.15. The molecule has 2 aromatic rings. The van der Waals surface area contributed by atoms with E-state index in [9.17, 15) is 14.4 Å². The molecule has 1 atom stereocenters. The van der Waals surface area contributed by atoms with E-state index in [4.69, 9.17) is 21.3 Å². The number of ether oxygens (including phenoxy) is 1. The van der Waals surface area contributed by atoms with Crippen LogP contribution in [-0.4, -0.2) is 36.1 Å². The van der Waals surface area contributed by atoms with E-state index >= 15 is 0 Å². The number of primary amides is 1. The summed E-state index contributed by atoms with van der Waals surface area (Å²) in [5, 5.41) is 8.22. The zero-order chi connectivity index (χ0) is 19.8. The zero-order valence-electron chi connectivity index (χ0n) is 14.7. The van der Waals surface area contributed by atoms with Crippen molar-refractivity contribution in [3.63, 3.8) is 0 Å². The van der Waals surface area contributed by atoms with Gasteiger partial charge >= 0.3 is 5.97 Å². The van der Waals surface area contributed by atoms with Gasteiger partial charge in [0.15, 0.2) is 0 Å². The fourth-order valence-corrected chi connectivity index (χ4v) is 3.00. The van der Waals surface area contributed by atoms with Crippen LogP contribution in [0.15, 0.2) is 48.5 Å². The first-order valence-corrected chi connectivity index (χ1v) is 8.45. The monoisotopic (exact) mass is 370 g/mol. The van der Waals surface area contributed by atoms with Crippen LogP contribution in [0.1, 0.15) is 29.9 Å². The van der Waals surface area contributed by atoms with Crippen molar-refractivity contribution >= 4 is 18.3 Å². The Labute approximate surface area is 156 Å². The Balaban J connectivity index is 0.000000227. The van der Waals surface area contributed by atoms with Crippen LogP contribution in [0.3, 0.4) is 0 Å². The summed E-state index contributed by atoms with van der Waals surface area (Å²) in [5.74, 6) is -1.47. The van der Waals surface area contributed by atoms with Gasteiger partial charge in [-0.05, 0) is 28.7 Å². The number of hydrogen-bond acceptors (Lipinski definition) is 5. The summed E-state index contributed by atoms with van der Waals surface area (Å²) in [7, 11) is 0. The van der Waals surface area contributed by atoms with Crippen molar-refractivity contribution in [2.75, 3.05) is 6.61 Å². The number of nitrogens with two attached hydrogens (primary N) is 2. The Hall–Kier alpha value is -3.19. The number of hydrogen-bond donors (Lipinski definition) is 3. The number of amides is 1. The number of rotatable bonds is 7. The van der Waals surface area contributed by atoms with Crippen molar-refractivity contribution in [3.8, 4) is 11.1 Å². The highest BCUT2D eigenvalue weighted by Crippen LogP contribution is 2.44. The largest absolute Gasteiger partial charge is 0.480 e. The van der Waals surface area contributed by atoms with Gasteiger partial charge < -0.3 is 21.3 Å². The standard InChI is InChI=1S/C15H12O2.C5H10N2O3/c16-10-17-9-15-13-7-3-1-5-11(13)12-6-2-4-8-14(12)15;6-3(5(9)10)1-2-4(7)8/h1-8,10,15H,9H2;3H,1-2,6H2,(H2,7,8)(H,9,10)/t;3-/m.0/s1. The Morgan fingerprint density at radius 3 is 2.04 bits per heavy atom. The van der Waals surface area contributed by atoms with Crippen LogP contribution in [0.4, 0.5) is 0 Å². The Morgan fingerprint density at radius 2 is 1.59 bits per heavy atom. The van der Waals surface area contributed by atoms with Crippen molar-refractivity contribution < 1.29 is 24.2 Å². The first kappa shape index (κ1) is 20.1. The van der Waals surface area contributed by atoms with Gasteiger partial charge in [0, 0.05) is 12.3 Å². The summed E-state index contributed by atoms with van der Waals surface area (Å²) in [5.41, 5.74) is 14.8. The van der Waals surface area contributed by atoms with E-state index in [-0.39, 0.29) is 18.8 Å². The molecule has 1 aliphatic rings. The number of fused-ring (bicyclic) bond motifs is 3. The lowest BCUT2D eigenvalue weighted by atomic mass is 9.98. The highest BCUT2D eigenvalue weighted by atomic mass is 16.5. The highest BCUT2D eigenvalue weighted by Gasteiger charge is 2.28. The molecule has 7 nitrogen and oxygen atoms in total. The summed E-state index contributed by atoms with van der Waals surface area (Å²) in [6.45, 7) is 0.932. The van der Waals surface area contributed by atoms with Gasteiger partial charge in [-0.2, -0.15) is 0 Å². The molecule has 0 fully saturated rings. The Morgan fingerprint density at radius 1 is 1.07 bits per heavy atom. The number of carbonyl (C=O) groups is 3. The van der Waals surface area contributed by atoms with E-state index in [1.807, 2.05) is 24.3 Å². The second-order valence-electron chi connectivity index (χ2n) is 6.11. The van der Waals surface area contributed by atoms with Crippen molar-refractivity contribution in [3.05, 3.63) is 59.7 Å². The average molecular weight is 370 g/mol. The maximum Gasteiger partial charge on any atom is 0.320 e. The van der Waals surface area contributed by atoms with Gasteiger partial charge in [-0.15, -0.1) is 0 Å². The van der Waals surface area contributed by atoms with Gasteiger partial charge in [0.05, 0.1) is 0 Å². The minimum absolute atomic E-state index is 0.0213. The maximum atomic E-state index is 10.4. The smallest absolute Gasteiger partial charge is 0.320 e. The molecule has 0 heterocycles. The molecule has 2 aromatic carbocycles. The third-order valence-corrected chi connectivity index (χ3v) is 4.31. The molecule has 7 heteroatoms. The van der Waals surface area contributed by atoms with Crippen molar-refractivity contribution in [2.24, 2.45) is 11.5 Å². The third-order valence-electron chi connectivity index (χ3n) is 4.31. The Kier molecular flexibility index (Phi) is 7.08. The molecule has 0 unspecified atom stereocenters. The molecule has 0 aliphatic heterocycles. The lowest BCUT2D eigenvalue weighted by Gasteiger charge is -2.11. The van der Waals surface area contributed by atoms with Crippen LogP contribution in [0.5, 0.6) is 0 Å². The zero-order valence-corrected chi connectivity index (χ0v) is 14.7. The predicted molar refractivity (Wildman–Crippen MR) is 99.8 cm³/mol. The summed E-state index contributed by atoms with van der Waals surface area (Å²) in [6.07, 6.45) is 0.123. The lowest BCUT2D eigenvalue weighted by molar-refractivity contribution is -0.138. The minimum Gasteiger partial charge on any atom is -0.480 e. The molecule has 0 saturated heterocycles. The van der Waals surface area contributed by atoms with Crippen LogP contribution in [0.2, 0.25) is 0 Å². The second-order valence-corrected chi connectivity index (χ2v) is 6.11. The van der Waals surface area contributed by atoms with Crippen molar-refractivity contribution in [1.82, 2.24) is 0 Å². The van der Waals surface area contributed by atoms with Gasteiger partial charge in [-0.3, -0.25) is 14.4 Å². The van der Waals surface area contributed by atoms with Crippen LogP contribution in [0.25, 0.3) is 11.1 Å². The number of carboxylic acid groups (broad SMARTS) is 1. The Bertz CT molecular complexity index is 776. The fourth-order valence-electron chi connectivity index (χ4n) is 3.00. The lowest BCUT2D eigenvalue weighted by Crippen LogP contribution is -2.31. The van der Waals surface area contributed by atoms with Gasteiger partial charge in [0.2, 0.25) is 5.91 Å². The van der Waals surface area contributed by atoms with E-state index in [1.54, 1.807) is 0 Å². The van der Waals surface area contributed by atoms with Gasteiger partial charge in [0.1, 0.15) is 12.6 Å². The molecule has 0 radical (unpaired) electrons. The molecule has 5 N–H and O–H groups in total. The summed E-state index contributed by atoms with van der Waals surface area (Å²) < 4.78 is 4.95. The van der Waals surface area contributed by atoms with Crippen molar-refractivity contribution in [1.29, 1.82) is 0 Å². The number of aliphatic carboxylic acids is 1. The molecule has 0 aromatic heterocycles. The van der Waals surface area contributed by atoms with Crippen LogP contribution in [0, 0.1) is 0 Å². The first-order valence-electron chi connectivity index (χ1n) is 8.45. The van der Waals surface area contributed by atoms with E-state index < -0.39 is 17.9 Å². The molecule has 27 heavy (non-hydrogen) atoms. The summed E-state index contributed by atoms with van der Waals surface area (Å²) in [6, 6.07) is 15.6. The fraction of sp³-hybridized carbons (Fsp3) is 0.250. The van der Waals surface area contributed by atoms with Gasteiger partial charge in [0.25, 0.3) is 6.47 Å². The van der Waals surface area contributed by atoms with Crippen LogP contribution >= 0.6 is 0 Å². The van der Waals surface area contributed by atoms with E-state index in [0.29, 0.717) is 13.1 Å². The second kappa shape index (κ2) is 9.49. The van der Waals surface area contributed by atoms with E-state index in [1.165, 1.54) is 22.3 Å². The van der Waals surface area contributed by atoms with E-state index in [0.717, 1.165) is 0 Å². The molecule has 0 bridgehead atoms. The number of carbonyl (C=O) groups excluding carboxylic acids is 2. The molecular weight excluding hydrogens is 348 g/mol. The highest BCUT2D eigenvalue weighted by molar-refractivity contribution is 5.79. The minimum atomic E-state index is -1.11. The van der Waals surface area contributed by atoms with Gasteiger partial charge in [-0.25, -0.2) is 0 Å². The van der Waals surface area contributed by atoms with E-state index in [2.05, 4.69) is 24.3 Å². The van der Waals surface area contributed by atoms with Crippen molar-refractivity contribution in [2.45, 2.75) is 24.8 Å². The summed E-state index contributed by atoms with van der Waals surface area (Å²) in [4.78, 5) is 30.5. The number of carboxylic acids is 1. The maximum absolute atomic E-state index is 10.4. The normalized spacial score (nSPS) is 12.8. The molecule has 0 saturated carbocycles. The summed E-state index contributed by atoms with van der Waals surface area (Å²) >= 11 is 0. The van der Waals surface area contributed by atoms with Crippen LogP contribution < -0.4 is 11.5 Å². The number of benzene rings is 2. The van der Waals surface area contributed by atoms with Gasteiger partial charge in [-0.1, -0.05) is 48.5 Å². The average Bonchev–Trinajstić information content (AvgIpc) is 2.99. The molecule has 3 rings (SSSR count). The molecular formula is C20H22N2O5. The van der Waals surface area contributed by atoms with Crippen LogP contribution in [-0.2, 0) is 19.1 Å². The predicted octanol–water partition coefficient (Wildman–Crippen LogP) is 1.64. The SMILES string of the molecule is NC(=O)CC[C@H](N)C(=O)O.O=COCC1c2ccccc2-c2ccccc21. The first-order chi connectivity index (χ1) is 13.0. The molecule has 142 valence electrons.